The second-order valence-corrected chi connectivity index (χ2v) is 4.08. The first-order valence-electron chi connectivity index (χ1n) is 5.61. The van der Waals surface area contributed by atoms with Gasteiger partial charge in [-0.15, -0.1) is 0 Å². The Labute approximate surface area is 104 Å². The Morgan fingerprint density at radius 2 is 1.94 bits per heavy atom. The molecule has 0 saturated carbocycles. The fraction of sp³-hybridized carbons (Fsp3) is 0.143. The average molecular weight is 243 g/mol. The monoisotopic (exact) mass is 243 g/mol. The maximum absolute atomic E-state index is 10.8. The number of carboxylic acid groups (broad SMARTS) is 1. The van der Waals surface area contributed by atoms with Gasteiger partial charge in [0.2, 0.25) is 0 Å². The number of rotatable bonds is 4. The molecule has 4 nitrogen and oxygen atoms in total. The topological polar surface area (TPSA) is 66.4 Å². The zero-order valence-electron chi connectivity index (χ0n) is 9.67. The van der Waals surface area contributed by atoms with E-state index in [0.717, 1.165) is 16.3 Å². The van der Waals surface area contributed by atoms with Crippen molar-refractivity contribution in [1.82, 2.24) is 5.32 Å². The van der Waals surface area contributed by atoms with E-state index >= 15 is 0 Å². The average Bonchev–Trinajstić information content (AvgIpc) is 2.37. The van der Waals surface area contributed by atoms with Gasteiger partial charge in [-0.05, 0) is 22.8 Å². The lowest BCUT2D eigenvalue weighted by Gasteiger charge is -2.10. The van der Waals surface area contributed by atoms with Gasteiger partial charge >= 0.3 is 6.09 Å². The molecule has 1 atom stereocenters. The summed E-state index contributed by atoms with van der Waals surface area (Å²) >= 11 is 0. The molecule has 2 N–H and O–H groups in total. The van der Waals surface area contributed by atoms with Gasteiger partial charge in [-0.3, -0.25) is 0 Å². The Morgan fingerprint density at radius 1 is 1.22 bits per heavy atom. The number of hydrogen-bond donors (Lipinski definition) is 2. The number of aldehydes is 1. The van der Waals surface area contributed by atoms with Crippen LogP contribution in [0.5, 0.6) is 0 Å². The van der Waals surface area contributed by atoms with Crippen molar-refractivity contribution >= 4 is 23.2 Å². The van der Waals surface area contributed by atoms with Crippen LogP contribution < -0.4 is 5.32 Å². The van der Waals surface area contributed by atoms with Gasteiger partial charge in [-0.25, -0.2) is 4.79 Å². The third kappa shape index (κ3) is 2.85. The Kier molecular flexibility index (Phi) is 3.57. The van der Waals surface area contributed by atoms with Crippen LogP contribution in [0.15, 0.2) is 42.5 Å². The van der Waals surface area contributed by atoms with Gasteiger partial charge in [-0.1, -0.05) is 42.5 Å². The molecule has 0 aliphatic carbocycles. The number of amides is 1. The molecule has 2 aromatic carbocycles. The molecule has 1 amide bonds. The molecule has 0 radical (unpaired) electrons. The van der Waals surface area contributed by atoms with Crippen molar-refractivity contribution < 1.29 is 14.7 Å². The number of carbonyl (C=O) groups excluding carboxylic acids is 1. The lowest BCUT2D eigenvalue weighted by molar-refractivity contribution is -0.109. The van der Waals surface area contributed by atoms with Crippen LogP contribution in [0.2, 0.25) is 0 Å². The molecule has 92 valence electrons. The predicted octanol–water partition coefficient (Wildman–Crippen LogP) is 2.22. The molecule has 2 rings (SSSR count). The number of hydrogen-bond acceptors (Lipinski definition) is 2. The summed E-state index contributed by atoms with van der Waals surface area (Å²) in [7, 11) is 0. The molecule has 0 fully saturated rings. The number of nitrogens with one attached hydrogen (secondary N) is 1. The maximum atomic E-state index is 10.8. The smallest absolute Gasteiger partial charge is 0.405 e. The van der Waals surface area contributed by atoms with Crippen molar-refractivity contribution in [3.8, 4) is 0 Å². The van der Waals surface area contributed by atoms with Gasteiger partial charge < -0.3 is 15.2 Å². The van der Waals surface area contributed by atoms with Crippen LogP contribution in [0.3, 0.4) is 0 Å². The third-order valence-electron chi connectivity index (χ3n) is 2.74. The summed E-state index contributed by atoms with van der Waals surface area (Å²) in [6.45, 7) is 0. The summed E-state index contributed by atoms with van der Waals surface area (Å²) in [5.41, 5.74) is 0.930. The highest BCUT2D eigenvalue weighted by atomic mass is 16.4. The molecule has 0 aromatic heterocycles. The zero-order valence-corrected chi connectivity index (χ0v) is 9.67. The fourth-order valence-corrected chi connectivity index (χ4v) is 1.91. The van der Waals surface area contributed by atoms with E-state index < -0.39 is 12.1 Å². The normalized spacial score (nSPS) is 12.0. The third-order valence-corrected chi connectivity index (χ3v) is 2.74. The van der Waals surface area contributed by atoms with Crippen molar-refractivity contribution in [1.29, 1.82) is 0 Å². The van der Waals surface area contributed by atoms with Gasteiger partial charge in [0.25, 0.3) is 0 Å². The second-order valence-electron chi connectivity index (χ2n) is 4.08. The van der Waals surface area contributed by atoms with Crippen molar-refractivity contribution in [2.45, 2.75) is 12.5 Å². The van der Waals surface area contributed by atoms with Crippen LogP contribution in [0, 0.1) is 0 Å². The lowest BCUT2D eigenvalue weighted by Crippen LogP contribution is -2.36. The van der Waals surface area contributed by atoms with Crippen LogP contribution in [0.1, 0.15) is 5.56 Å². The van der Waals surface area contributed by atoms with Gasteiger partial charge in [0, 0.05) is 0 Å². The van der Waals surface area contributed by atoms with Crippen LogP contribution in [0.25, 0.3) is 10.8 Å². The molecule has 4 heteroatoms. The Hall–Kier alpha value is -2.36. The molecule has 0 spiro atoms. The van der Waals surface area contributed by atoms with E-state index in [2.05, 4.69) is 5.32 Å². The number of fused-ring (bicyclic) bond motifs is 1. The Balaban J connectivity index is 2.20. The lowest BCUT2D eigenvalue weighted by atomic mass is 10.0. The van der Waals surface area contributed by atoms with Crippen LogP contribution in [-0.2, 0) is 11.2 Å². The minimum absolute atomic E-state index is 0.362. The van der Waals surface area contributed by atoms with Crippen molar-refractivity contribution in [3.63, 3.8) is 0 Å². The number of benzene rings is 2. The second kappa shape index (κ2) is 5.31. The van der Waals surface area contributed by atoms with Crippen molar-refractivity contribution in [2.75, 3.05) is 0 Å². The summed E-state index contributed by atoms with van der Waals surface area (Å²) in [5, 5.41) is 13.0. The summed E-state index contributed by atoms with van der Waals surface area (Å²) in [6.07, 6.45) is -0.211. The van der Waals surface area contributed by atoms with Gasteiger partial charge in [-0.2, -0.15) is 0 Å². The summed E-state index contributed by atoms with van der Waals surface area (Å²) in [5.74, 6) is 0. The summed E-state index contributed by atoms with van der Waals surface area (Å²) < 4.78 is 0. The van der Waals surface area contributed by atoms with Crippen LogP contribution in [0.4, 0.5) is 4.79 Å². The molecule has 0 aliphatic rings. The molecule has 0 heterocycles. The minimum Gasteiger partial charge on any atom is -0.465 e. The van der Waals surface area contributed by atoms with Crippen molar-refractivity contribution in [2.24, 2.45) is 0 Å². The van der Waals surface area contributed by atoms with E-state index in [0.29, 0.717) is 12.7 Å². The van der Waals surface area contributed by atoms with E-state index in [1.807, 2.05) is 42.5 Å². The molecule has 1 unspecified atom stereocenters. The molecule has 0 bridgehead atoms. The van der Waals surface area contributed by atoms with E-state index in [9.17, 15) is 9.59 Å². The van der Waals surface area contributed by atoms with E-state index in [1.165, 1.54) is 0 Å². The van der Waals surface area contributed by atoms with Crippen LogP contribution >= 0.6 is 0 Å². The molecule has 18 heavy (non-hydrogen) atoms. The SMILES string of the molecule is O=CC(Cc1ccc2ccccc2c1)NC(=O)O. The summed E-state index contributed by atoms with van der Waals surface area (Å²) in [4.78, 5) is 21.3. The standard InChI is InChI=1S/C14H13NO3/c16-9-13(15-14(17)18)8-10-5-6-11-3-1-2-4-12(11)7-10/h1-7,9,13,15H,8H2,(H,17,18). The molecular weight excluding hydrogens is 230 g/mol. The van der Waals surface area contributed by atoms with E-state index in [4.69, 9.17) is 5.11 Å². The zero-order chi connectivity index (χ0) is 13.0. The molecule has 0 saturated heterocycles. The summed E-state index contributed by atoms with van der Waals surface area (Å²) in [6, 6.07) is 13.0. The molecule has 2 aromatic rings. The highest BCUT2D eigenvalue weighted by Gasteiger charge is 2.10. The first-order valence-corrected chi connectivity index (χ1v) is 5.61. The van der Waals surface area contributed by atoms with Gasteiger partial charge in [0.05, 0.1) is 6.04 Å². The maximum Gasteiger partial charge on any atom is 0.405 e. The minimum atomic E-state index is -1.19. The van der Waals surface area contributed by atoms with Crippen molar-refractivity contribution in [3.05, 3.63) is 48.0 Å². The van der Waals surface area contributed by atoms with Crippen LogP contribution in [-0.4, -0.2) is 23.5 Å². The van der Waals surface area contributed by atoms with E-state index in [-0.39, 0.29) is 0 Å². The quantitative estimate of drug-likeness (QED) is 0.809. The molecule has 0 aliphatic heterocycles. The van der Waals surface area contributed by atoms with Gasteiger partial charge in [0.15, 0.2) is 0 Å². The fourth-order valence-electron chi connectivity index (χ4n) is 1.91. The first-order chi connectivity index (χ1) is 8.69. The predicted molar refractivity (Wildman–Crippen MR) is 68.7 cm³/mol. The van der Waals surface area contributed by atoms with Gasteiger partial charge in [0.1, 0.15) is 6.29 Å². The first kappa shape index (κ1) is 12.1. The molecular formula is C14H13NO3. The largest absolute Gasteiger partial charge is 0.465 e. The Bertz CT molecular complexity index is 580. The Morgan fingerprint density at radius 3 is 2.61 bits per heavy atom. The highest BCUT2D eigenvalue weighted by Crippen LogP contribution is 2.16. The number of carbonyl (C=O) groups is 2. The highest BCUT2D eigenvalue weighted by molar-refractivity contribution is 5.83. The van der Waals surface area contributed by atoms with E-state index in [1.54, 1.807) is 0 Å².